The number of aliphatic hydroxyl groups is 2. The first kappa shape index (κ1) is 10.2. The van der Waals surface area contributed by atoms with Gasteiger partial charge >= 0.3 is 10.1 Å². The maximum atomic E-state index is 11.1. The Bertz CT molecular complexity index is 353. The van der Waals surface area contributed by atoms with Gasteiger partial charge in [-0.3, -0.25) is 4.18 Å². The molecule has 0 fully saturated rings. The molecule has 0 spiro atoms. The van der Waals surface area contributed by atoms with Gasteiger partial charge in [-0.05, 0) is 18.2 Å². The van der Waals surface area contributed by atoms with E-state index >= 15 is 0 Å². The fourth-order valence-electron chi connectivity index (χ4n) is 0.932. The van der Waals surface area contributed by atoms with Gasteiger partial charge in [-0.1, -0.05) is 0 Å². The third kappa shape index (κ3) is 1.74. The number of allylic oxidation sites excluding steroid dienone is 1. The average molecular weight is 206 g/mol. The second-order valence-corrected chi connectivity index (χ2v) is 4.58. The minimum atomic E-state index is -4.03. The summed E-state index contributed by atoms with van der Waals surface area (Å²) in [4.78, 5) is -2.06. The molecule has 0 aromatic heterocycles. The standard InChI is InChI=1S/C7H10O5S/c1-12-13(10,11)7(9)4-2-6(8)3-5-7/h2-4,8-9H,5H2,1H3. The molecule has 1 rings (SSSR count). The Hall–Kier alpha value is -0.850. The molecule has 0 heterocycles. The van der Waals surface area contributed by atoms with Gasteiger partial charge in [0.1, 0.15) is 5.76 Å². The predicted molar refractivity (Wildman–Crippen MR) is 45.3 cm³/mol. The van der Waals surface area contributed by atoms with Crippen molar-refractivity contribution in [2.45, 2.75) is 11.4 Å². The highest BCUT2D eigenvalue weighted by atomic mass is 32.2. The molecule has 1 aliphatic rings. The van der Waals surface area contributed by atoms with Crippen LogP contribution in [-0.4, -0.2) is 30.7 Å². The van der Waals surface area contributed by atoms with Gasteiger partial charge in [0.15, 0.2) is 0 Å². The van der Waals surface area contributed by atoms with Gasteiger partial charge in [0.05, 0.1) is 7.11 Å². The molecule has 5 nitrogen and oxygen atoms in total. The Kier molecular flexibility index (Phi) is 2.47. The van der Waals surface area contributed by atoms with E-state index in [-0.39, 0.29) is 12.2 Å². The zero-order valence-corrected chi connectivity index (χ0v) is 7.78. The summed E-state index contributed by atoms with van der Waals surface area (Å²) < 4.78 is 26.5. The van der Waals surface area contributed by atoms with Crippen molar-refractivity contribution in [3.8, 4) is 0 Å². The molecule has 0 amide bonds. The third-order valence-corrected chi connectivity index (χ3v) is 3.38. The SMILES string of the molecule is COS(=O)(=O)C1(O)C=CC(O)=CC1. The molecule has 74 valence electrons. The molecular formula is C7H10O5S. The second-order valence-electron chi connectivity index (χ2n) is 2.63. The van der Waals surface area contributed by atoms with Crippen molar-refractivity contribution in [1.82, 2.24) is 0 Å². The maximum Gasteiger partial charge on any atom is 0.301 e. The minimum absolute atomic E-state index is 0.0732. The molecule has 0 aromatic rings. The van der Waals surface area contributed by atoms with Gasteiger partial charge < -0.3 is 10.2 Å². The molecule has 2 N–H and O–H groups in total. The van der Waals surface area contributed by atoms with E-state index in [2.05, 4.69) is 4.18 Å². The molecule has 6 heteroatoms. The van der Waals surface area contributed by atoms with Gasteiger partial charge in [0.2, 0.25) is 4.93 Å². The smallest absolute Gasteiger partial charge is 0.301 e. The molecule has 0 saturated heterocycles. The maximum absolute atomic E-state index is 11.1. The van der Waals surface area contributed by atoms with Crippen molar-refractivity contribution in [2.75, 3.05) is 7.11 Å². The van der Waals surface area contributed by atoms with Crippen molar-refractivity contribution in [2.24, 2.45) is 0 Å². The lowest BCUT2D eigenvalue weighted by Crippen LogP contribution is -2.37. The first-order valence-corrected chi connectivity index (χ1v) is 4.93. The Labute approximate surface area is 76.1 Å². The summed E-state index contributed by atoms with van der Waals surface area (Å²) in [6.45, 7) is 0. The van der Waals surface area contributed by atoms with Crippen molar-refractivity contribution in [1.29, 1.82) is 0 Å². The minimum Gasteiger partial charge on any atom is -0.508 e. The van der Waals surface area contributed by atoms with Crippen LogP contribution in [0.4, 0.5) is 0 Å². The molecule has 0 aliphatic heterocycles. The van der Waals surface area contributed by atoms with Gasteiger partial charge in [0.25, 0.3) is 0 Å². The number of rotatable bonds is 2. The molecule has 1 unspecified atom stereocenters. The first-order valence-electron chi connectivity index (χ1n) is 3.52. The molecule has 1 aliphatic carbocycles. The Morgan fingerprint density at radius 3 is 2.62 bits per heavy atom. The third-order valence-electron chi connectivity index (χ3n) is 1.77. The summed E-state index contributed by atoms with van der Waals surface area (Å²) in [5, 5.41) is 18.5. The van der Waals surface area contributed by atoms with E-state index < -0.39 is 15.1 Å². The number of hydrogen-bond donors (Lipinski definition) is 2. The van der Waals surface area contributed by atoms with E-state index in [0.29, 0.717) is 0 Å². The van der Waals surface area contributed by atoms with Crippen molar-refractivity contribution in [3.05, 3.63) is 24.0 Å². The highest BCUT2D eigenvalue weighted by Crippen LogP contribution is 2.26. The summed E-state index contributed by atoms with van der Waals surface area (Å²) in [5.74, 6) is -0.0732. The van der Waals surface area contributed by atoms with E-state index in [1.807, 2.05) is 0 Å². The monoisotopic (exact) mass is 206 g/mol. The highest BCUT2D eigenvalue weighted by Gasteiger charge is 2.40. The normalized spacial score (nSPS) is 28.6. The van der Waals surface area contributed by atoms with E-state index in [1.54, 1.807) is 0 Å². The van der Waals surface area contributed by atoms with Crippen molar-refractivity contribution >= 4 is 10.1 Å². The summed E-state index contributed by atoms with van der Waals surface area (Å²) in [6.07, 6.45) is 3.09. The van der Waals surface area contributed by atoms with Crippen LogP contribution in [-0.2, 0) is 14.3 Å². The fourth-order valence-corrected chi connectivity index (χ4v) is 1.74. The van der Waals surface area contributed by atoms with Gasteiger partial charge in [-0.2, -0.15) is 8.42 Å². The Morgan fingerprint density at radius 2 is 2.23 bits per heavy atom. The number of hydrogen-bond acceptors (Lipinski definition) is 5. The summed E-state index contributed by atoms with van der Waals surface area (Å²) >= 11 is 0. The van der Waals surface area contributed by atoms with Gasteiger partial charge in [-0.15, -0.1) is 0 Å². The average Bonchev–Trinajstić information content (AvgIpc) is 2.10. The quantitative estimate of drug-likeness (QED) is 0.624. The lowest BCUT2D eigenvalue weighted by atomic mass is 10.1. The van der Waals surface area contributed by atoms with Crippen LogP contribution < -0.4 is 0 Å². The topological polar surface area (TPSA) is 83.8 Å². The molecule has 0 bridgehead atoms. The van der Waals surface area contributed by atoms with Crippen LogP contribution in [0.25, 0.3) is 0 Å². The van der Waals surface area contributed by atoms with Crippen LogP contribution in [0, 0.1) is 0 Å². The largest absolute Gasteiger partial charge is 0.508 e. The molecular weight excluding hydrogens is 196 g/mol. The molecule has 1 atom stereocenters. The van der Waals surface area contributed by atoms with E-state index in [4.69, 9.17) is 5.11 Å². The summed E-state index contributed by atoms with van der Waals surface area (Å²) in [5.41, 5.74) is 0. The predicted octanol–water partition coefficient (Wildman–Crippen LogP) is 0.0530. The van der Waals surface area contributed by atoms with Gasteiger partial charge in [-0.25, -0.2) is 0 Å². The highest BCUT2D eigenvalue weighted by molar-refractivity contribution is 7.88. The number of aliphatic hydroxyl groups excluding tert-OH is 1. The van der Waals surface area contributed by atoms with Crippen LogP contribution in [0.1, 0.15) is 6.42 Å². The van der Waals surface area contributed by atoms with E-state index in [0.717, 1.165) is 19.3 Å². The van der Waals surface area contributed by atoms with Crippen LogP contribution >= 0.6 is 0 Å². The Balaban J connectivity index is 3.01. The van der Waals surface area contributed by atoms with Crippen LogP contribution in [0.3, 0.4) is 0 Å². The van der Waals surface area contributed by atoms with E-state index in [1.165, 1.54) is 6.08 Å². The Morgan fingerprint density at radius 1 is 1.62 bits per heavy atom. The molecule has 0 aromatic carbocycles. The lowest BCUT2D eigenvalue weighted by Gasteiger charge is -2.23. The van der Waals surface area contributed by atoms with Crippen LogP contribution in [0.5, 0.6) is 0 Å². The zero-order chi connectivity index (χ0) is 10.1. The van der Waals surface area contributed by atoms with Crippen molar-refractivity contribution in [3.63, 3.8) is 0 Å². The molecule has 0 radical (unpaired) electrons. The summed E-state index contributed by atoms with van der Waals surface area (Å²) in [6, 6.07) is 0. The first-order chi connectivity index (χ1) is 5.91. The van der Waals surface area contributed by atoms with Crippen LogP contribution in [0.2, 0.25) is 0 Å². The molecule has 0 saturated carbocycles. The van der Waals surface area contributed by atoms with Gasteiger partial charge in [0, 0.05) is 6.42 Å². The molecule has 13 heavy (non-hydrogen) atoms. The van der Waals surface area contributed by atoms with E-state index in [9.17, 15) is 13.5 Å². The second kappa shape index (κ2) is 3.13. The fraction of sp³-hybridized carbons (Fsp3) is 0.429. The lowest BCUT2D eigenvalue weighted by molar-refractivity contribution is 0.154. The van der Waals surface area contributed by atoms with Crippen LogP contribution in [0.15, 0.2) is 24.0 Å². The summed E-state index contributed by atoms with van der Waals surface area (Å²) in [7, 11) is -3.06. The van der Waals surface area contributed by atoms with Crippen molar-refractivity contribution < 1.29 is 22.8 Å². The zero-order valence-electron chi connectivity index (χ0n) is 6.97.